The molecule has 0 aromatic carbocycles. The van der Waals surface area contributed by atoms with Crippen molar-refractivity contribution in [2.24, 2.45) is 0 Å². The first-order chi connectivity index (χ1) is 9.22. The summed E-state index contributed by atoms with van der Waals surface area (Å²) in [5, 5.41) is 8.50. The van der Waals surface area contributed by atoms with Crippen molar-refractivity contribution in [2.45, 2.75) is 33.4 Å². The topological polar surface area (TPSA) is 42.7 Å². The molecule has 0 aliphatic heterocycles. The smallest absolute Gasteiger partial charge is 0.0678 e. The Kier molecular flexibility index (Phi) is 4.93. The third kappa shape index (κ3) is 3.55. The van der Waals surface area contributed by atoms with Gasteiger partial charge >= 0.3 is 0 Å². The molecule has 0 aliphatic rings. The van der Waals surface area contributed by atoms with Gasteiger partial charge in [-0.25, -0.2) is 0 Å². The van der Waals surface area contributed by atoms with E-state index in [9.17, 15) is 0 Å². The van der Waals surface area contributed by atoms with Crippen LogP contribution in [0.3, 0.4) is 0 Å². The summed E-state index contributed by atoms with van der Waals surface area (Å²) in [5.74, 6) is 0. The van der Waals surface area contributed by atoms with Gasteiger partial charge in [-0.3, -0.25) is 9.67 Å². The molecular weight excluding hydrogens is 260 g/mol. The molecule has 2 aromatic heterocycles. The zero-order valence-electron chi connectivity index (χ0n) is 11.4. The summed E-state index contributed by atoms with van der Waals surface area (Å²) in [6.07, 6.45) is 6.48. The highest BCUT2D eigenvalue weighted by Gasteiger charge is 2.08. The third-order valence-electron chi connectivity index (χ3n) is 3.12. The SMILES string of the molecule is CCCNCc1cnn(Cc2ccncc2Cl)c1C. The fourth-order valence-corrected chi connectivity index (χ4v) is 2.09. The quantitative estimate of drug-likeness (QED) is 0.826. The molecule has 0 spiro atoms. The van der Waals surface area contributed by atoms with Crippen molar-refractivity contribution in [3.05, 3.63) is 46.5 Å². The lowest BCUT2D eigenvalue weighted by Gasteiger charge is -2.07. The Bertz CT molecular complexity index is 536. The van der Waals surface area contributed by atoms with Crippen molar-refractivity contribution < 1.29 is 0 Å². The molecule has 19 heavy (non-hydrogen) atoms. The molecule has 4 nitrogen and oxygen atoms in total. The van der Waals surface area contributed by atoms with Crippen LogP contribution in [0.15, 0.2) is 24.7 Å². The average Bonchev–Trinajstić information content (AvgIpc) is 2.75. The second kappa shape index (κ2) is 6.68. The lowest BCUT2D eigenvalue weighted by Crippen LogP contribution is -2.14. The molecule has 2 aromatic rings. The van der Waals surface area contributed by atoms with Crippen molar-refractivity contribution in [2.75, 3.05) is 6.54 Å². The molecule has 0 atom stereocenters. The van der Waals surface area contributed by atoms with Gasteiger partial charge in [0.15, 0.2) is 0 Å². The van der Waals surface area contributed by atoms with Crippen molar-refractivity contribution in [1.82, 2.24) is 20.1 Å². The van der Waals surface area contributed by atoms with E-state index in [1.165, 1.54) is 11.3 Å². The Labute approximate surface area is 118 Å². The van der Waals surface area contributed by atoms with E-state index < -0.39 is 0 Å². The van der Waals surface area contributed by atoms with Crippen LogP contribution in [-0.4, -0.2) is 21.3 Å². The first kappa shape index (κ1) is 14.0. The number of pyridine rings is 1. The lowest BCUT2D eigenvalue weighted by molar-refractivity contribution is 0.651. The van der Waals surface area contributed by atoms with Gasteiger partial charge < -0.3 is 5.32 Å². The maximum atomic E-state index is 6.12. The minimum absolute atomic E-state index is 0.682. The summed E-state index contributed by atoms with van der Waals surface area (Å²) in [6.45, 7) is 6.82. The number of rotatable bonds is 6. The van der Waals surface area contributed by atoms with Crippen molar-refractivity contribution in [3.63, 3.8) is 0 Å². The zero-order chi connectivity index (χ0) is 13.7. The molecule has 0 amide bonds. The molecule has 0 saturated heterocycles. The summed E-state index contributed by atoms with van der Waals surface area (Å²) >= 11 is 6.12. The molecule has 2 heterocycles. The molecule has 0 aliphatic carbocycles. The number of hydrogen-bond acceptors (Lipinski definition) is 3. The van der Waals surface area contributed by atoms with Gasteiger partial charge in [-0.1, -0.05) is 18.5 Å². The van der Waals surface area contributed by atoms with Crippen LogP contribution in [0.5, 0.6) is 0 Å². The van der Waals surface area contributed by atoms with Gasteiger partial charge in [-0.05, 0) is 31.5 Å². The van der Waals surface area contributed by atoms with E-state index in [0.29, 0.717) is 11.6 Å². The highest BCUT2D eigenvalue weighted by molar-refractivity contribution is 6.31. The molecule has 0 bridgehead atoms. The second-order valence-electron chi connectivity index (χ2n) is 4.56. The lowest BCUT2D eigenvalue weighted by atomic mass is 10.2. The highest BCUT2D eigenvalue weighted by Crippen LogP contribution is 2.16. The number of aromatic nitrogens is 3. The summed E-state index contributed by atoms with van der Waals surface area (Å²) in [4.78, 5) is 3.99. The van der Waals surface area contributed by atoms with E-state index in [1.807, 2.05) is 16.9 Å². The first-order valence-electron chi connectivity index (χ1n) is 6.52. The second-order valence-corrected chi connectivity index (χ2v) is 4.96. The predicted molar refractivity (Wildman–Crippen MR) is 77.3 cm³/mol. The summed E-state index contributed by atoms with van der Waals surface area (Å²) < 4.78 is 1.98. The Morgan fingerprint density at radius 1 is 1.32 bits per heavy atom. The van der Waals surface area contributed by atoms with E-state index in [1.54, 1.807) is 12.4 Å². The molecule has 0 fully saturated rings. The number of hydrogen-bond donors (Lipinski definition) is 1. The van der Waals surface area contributed by atoms with Gasteiger partial charge in [0, 0.05) is 30.2 Å². The molecule has 0 radical (unpaired) electrons. The Balaban J connectivity index is 2.07. The standard InChI is InChI=1S/C14H19ClN4/c1-3-5-16-7-13-8-18-19(11(13)2)10-12-4-6-17-9-14(12)15/h4,6,8-9,16H,3,5,7,10H2,1-2H3. The van der Waals surface area contributed by atoms with Crippen LogP contribution in [0, 0.1) is 6.92 Å². The molecule has 0 saturated carbocycles. The van der Waals surface area contributed by atoms with E-state index >= 15 is 0 Å². The molecule has 102 valence electrons. The van der Waals surface area contributed by atoms with Crippen LogP contribution in [0.4, 0.5) is 0 Å². The van der Waals surface area contributed by atoms with Gasteiger partial charge in [-0.15, -0.1) is 0 Å². The van der Waals surface area contributed by atoms with Gasteiger partial charge in [0.1, 0.15) is 0 Å². The average molecular weight is 279 g/mol. The molecule has 0 unspecified atom stereocenters. The van der Waals surface area contributed by atoms with Gasteiger partial charge in [-0.2, -0.15) is 5.10 Å². The van der Waals surface area contributed by atoms with Crippen molar-refractivity contribution in [3.8, 4) is 0 Å². The normalized spacial score (nSPS) is 10.9. The maximum absolute atomic E-state index is 6.12. The summed E-state index contributed by atoms with van der Waals surface area (Å²) in [7, 11) is 0. The maximum Gasteiger partial charge on any atom is 0.0678 e. The third-order valence-corrected chi connectivity index (χ3v) is 3.46. The van der Waals surface area contributed by atoms with Crippen LogP contribution in [-0.2, 0) is 13.1 Å². The molecule has 2 rings (SSSR count). The van der Waals surface area contributed by atoms with Gasteiger partial charge in [0.25, 0.3) is 0 Å². The molecular formula is C14H19ClN4. The fourth-order valence-electron chi connectivity index (χ4n) is 1.91. The van der Waals surface area contributed by atoms with E-state index in [0.717, 1.165) is 25.1 Å². The zero-order valence-corrected chi connectivity index (χ0v) is 12.1. The first-order valence-corrected chi connectivity index (χ1v) is 6.90. The number of halogens is 1. The monoisotopic (exact) mass is 278 g/mol. The van der Waals surface area contributed by atoms with Crippen LogP contribution in [0.25, 0.3) is 0 Å². The summed E-state index contributed by atoms with van der Waals surface area (Å²) in [5.41, 5.74) is 3.45. The largest absolute Gasteiger partial charge is 0.313 e. The van der Waals surface area contributed by atoms with Gasteiger partial charge in [0.2, 0.25) is 0 Å². The van der Waals surface area contributed by atoms with Crippen LogP contribution in [0.2, 0.25) is 5.02 Å². The number of nitrogens with one attached hydrogen (secondary N) is 1. The van der Waals surface area contributed by atoms with E-state index in [4.69, 9.17) is 11.6 Å². The van der Waals surface area contributed by atoms with Crippen LogP contribution < -0.4 is 5.32 Å². The number of nitrogens with zero attached hydrogens (tertiary/aromatic N) is 3. The Morgan fingerprint density at radius 2 is 2.16 bits per heavy atom. The fraction of sp³-hybridized carbons (Fsp3) is 0.429. The summed E-state index contributed by atoms with van der Waals surface area (Å²) in [6, 6.07) is 1.93. The van der Waals surface area contributed by atoms with E-state index in [2.05, 4.69) is 29.2 Å². The Morgan fingerprint density at radius 3 is 2.89 bits per heavy atom. The minimum atomic E-state index is 0.682. The predicted octanol–water partition coefficient (Wildman–Crippen LogP) is 2.79. The highest BCUT2D eigenvalue weighted by atomic mass is 35.5. The van der Waals surface area contributed by atoms with E-state index in [-0.39, 0.29) is 0 Å². The van der Waals surface area contributed by atoms with Gasteiger partial charge in [0.05, 0.1) is 17.8 Å². The molecule has 5 heteroatoms. The molecule has 1 N–H and O–H groups in total. The van der Waals surface area contributed by atoms with Crippen molar-refractivity contribution >= 4 is 11.6 Å². The minimum Gasteiger partial charge on any atom is -0.313 e. The Hall–Kier alpha value is -1.39. The van der Waals surface area contributed by atoms with Crippen LogP contribution in [0.1, 0.15) is 30.2 Å². The van der Waals surface area contributed by atoms with Crippen LogP contribution >= 0.6 is 11.6 Å². The van der Waals surface area contributed by atoms with Crippen molar-refractivity contribution in [1.29, 1.82) is 0 Å².